The van der Waals surface area contributed by atoms with Gasteiger partial charge in [0.05, 0.1) is 0 Å². The molecule has 1 saturated heterocycles. The number of nitrogens with zero attached hydrogens (tertiary/aromatic N) is 2. The van der Waals surface area contributed by atoms with E-state index >= 15 is 0 Å². The van der Waals surface area contributed by atoms with E-state index in [1.54, 1.807) is 19.1 Å². The lowest BCUT2D eigenvalue weighted by atomic mass is 10.1. The molecule has 19 heavy (non-hydrogen) atoms. The second-order valence-corrected chi connectivity index (χ2v) is 4.95. The molecule has 0 radical (unpaired) electrons. The highest BCUT2D eigenvalue weighted by atomic mass is 79.9. The molecule has 0 bridgehead atoms. The maximum Gasteiger partial charge on any atom is 0.255 e. The van der Waals surface area contributed by atoms with Crippen molar-refractivity contribution in [3.63, 3.8) is 0 Å². The number of pyridine rings is 1. The molecule has 0 spiro atoms. The molecule has 0 aromatic carbocycles. The van der Waals surface area contributed by atoms with Gasteiger partial charge in [0.15, 0.2) is 0 Å². The lowest BCUT2D eigenvalue weighted by Gasteiger charge is -2.33. The molecule has 0 aliphatic carbocycles. The summed E-state index contributed by atoms with van der Waals surface area (Å²) in [5, 5.41) is 2.23. The summed E-state index contributed by atoms with van der Waals surface area (Å²) < 4.78 is 0.527. The van der Waals surface area contributed by atoms with E-state index < -0.39 is 17.9 Å². The number of halogens is 1. The van der Waals surface area contributed by atoms with Crippen LogP contribution in [0.1, 0.15) is 23.7 Å². The van der Waals surface area contributed by atoms with Crippen LogP contribution in [0, 0.1) is 0 Å². The lowest BCUT2D eigenvalue weighted by Crippen LogP contribution is -2.59. The van der Waals surface area contributed by atoms with E-state index in [4.69, 9.17) is 0 Å². The van der Waals surface area contributed by atoms with Crippen molar-refractivity contribution in [2.45, 2.75) is 19.4 Å². The summed E-state index contributed by atoms with van der Waals surface area (Å²) in [7, 11) is 0. The zero-order valence-corrected chi connectivity index (χ0v) is 11.8. The summed E-state index contributed by atoms with van der Waals surface area (Å²) in [6.07, 6.45) is 1.95. The Morgan fingerprint density at radius 2 is 2.32 bits per heavy atom. The van der Waals surface area contributed by atoms with Gasteiger partial charge in [-0.15, -0.1) is 0 Å². The Bertz CT molecular complexity index is 547. The van der Waals surface area contributed by atoms with Crippen LogP contribution in [0.25, 0.3) is 0 Å². The van der Waals surface area contributed by atoms with Gasteiger partial charge >= 0.3 is 0 Å². The number of carbonyl (C=O) groups excluding carboxylic acids is 3. The molecule has 1 unspecified atom stereocenters. The highest BCUT2D eigenvalue weighted by Gasteiger charge is 2.35. The summed E-state index contributed by atoms with van der Waals surface area (Å²) in [5.41, 5.74) is 0.392. The molecule has 100 valence electrons. The van der Waals surface area contributed by atoms with Crippen molar-refractivity contribution < 1.29 is 14.4 Å². The molecule has 1 aromatic rings. The molecule has 1 aromatic heterocycles. The average molecular weight is 326 g/mol. The van der Waals surface area contributed by atoms with Crippen LogP contribution in [0.2, 0.25) is 0 Å². The predicted octanol–water partition coefficient (Wildman–Crippen LogP) is 0.721. The van der Waals surface area contributed by atoms with Crippen LogP contribution in [0.4, 0.5) is 0 Å². The molecule has 1 atom stereocenters. The number of nitrogens with one attached hydrogen (secondary N) is 1. The van der Waals surface area contributed by atoms with Gasteiger partial charge in [0, 0.05) is 11.8 Å². The number of amides is 3. The highest BCUT2D eigenvalue weighted by Crippen LogP contribution is 2.16. The fourth-order valence-corrected chi connectivity index (χ4v) is 2.35. The van der Waals surface area contributed by atoms with Gasteiger partial charge in [-0.3, -0.25) is 19.7 Å². The monoisotopic (exact) mass is 325 g/mol. The van der Waals surface area contributed by atoms with Gasteiger partial charge in [-0.2, -0.15) is 0 Å². The molecule has 6 nitrogen and oxygen atoms in total. The van der Waals surface area contributed by atoms with Crippen LogP contribution in [-0.4, -0.2) is 40.2 Å². The van der Waals surface area contributed by atoms with Crippen LogP contribution in [-0.2, 0) is 9.59 Å². The first kappa shape index (κ1) is 13.7. The van der Waals surface area contributed by atoms with Crippen molar-refractivity contribution in [3.05, 3.63) is 28.5 Å². The zero-order chi connectivity index (χ0) is 14.0. The fraction of sp³-hybridized carbons (Fsp3) is 0.333. The SMILES string of the molecule is CCC1C(=O)NC(=O)CN1C(=O)c1ccnc(Br)c1. The summed E-state index contributed by atoms with van der Waals surface area (Å²) in [4.78, 5) is 40.7. The number of piperazine rings is 1. The van der Waals surface area contributed by atoms with E-state index in [1.807, 2.05) is 0 Å². The first-order valence-corrected chi connectivity index (χ1v) is 6.58. The van der Waals surface area contributed by atoms with E-state index in [0.717, 1.165) is 0 Å². The fourth-order valence-electron chi connectivity index (χ4n) is 1.99. The summed E-state index contributed by atoms with van der Waals surface area (Å²) in [6, 6.07) is 2.50. The van der Waals surface area contributed by atoms with Gasteiger partial charge in [-0.05, 0) is 34.5 Å². The van der Waals surface area contributed by atoms with E-state index in [2.05, 4.69) is 26.2 Å². The van der Waals surface area contributed by atoms with E-state index in [1.165, 1.54) is 11.1 Å². The van der Waals surface area contributed by atoms with Gasteiger partial charge in [-0.1, -0.05) is 6.92 Å². The number of carbonyl (C=O) groups is 3. The zero-order valence-electron chi connectivity index (χ0n) is 10.2. The number of rotatable bonds is 2. The molecule has 0 saturated carbocycles. The van der Waals surface area contributed by atoms with Crippen LogP contribution >= 0.6 is 15.9 Å². The minimum Gasteiger partial charge on any atom is -0.317 e. The normalized spacial score (nSPS) is 19.3. The standard InChI is InChI=1S/C12H12BrN3O3/c1-2-8-11(18)15-10(17)6-16(8)12(19)7-3-4-14-9(13)5-7/h3-5,8H,2,6H2,1H3,(H,15,17,18). The van der Waals surface area contributed by atoms with Gasteiger partial charge in [-0.25, -0.2) is 4.98 Å². The number of hydrogen-bond acceptors (Lipinski definition) is 4. The van der Waals surface area contributed by atoms with Crippen molar-refractivity contribution in [2.75, 3.05) is 6.54 Å². The largest absolute Gasteiger partial charge is 0.317 e. The number of imide groups is 1. The quantitative estimate of drug-likeness (QED) is 0.642. The maximum atomic E-state index is 12.4. The molecule has 3 amide bonds. The minimum atomic E-state index is -0.614. The lowest BCUT2D eigenvalue weighted by molar-refractivity contribution is -0.138. The summed E-state index contributed by atoms with van der Waals surface area (Å²) >= 11 is 3.18. The van der Waals surface area contributed by atoms with Gasteiger partial charge in [0.1, 0.15) is 17.2 Å². The van der Waals surface area contributed by atoms with Gasteiger partial charge < -0.3 is 4.90 Å². The molecule has 1 N–H and O–H groups in total. The Hall–Kier alpha value is -1.76. The van der Waals surface area contributed by atoms with Crippen molar-refractivity contribution in [3.8, 4) is 0 Å². The van der Waals surface area contributed by atoms with Crippen LogP contribution < -0.4 is 5.32 Å². The molecule has 1 aliphatic heterocycles. The van der Waals surface area contributed by atoms with Crippen molar-refractivity contribution in [2.24, 2.45) is 0 Å². The minimum absolute atomic E-state index is 0.108. The molecular weight excluding hydrogens is 314 g/mol. The molecule has 2 heterocycles. The molecular formula is C12H12BrN3O3. The third-order valence-corrected chi connectivity index (χ3v) is 3.31. The highest BCUT2D eigenvalue weighted by molar-refractivity contribution is 9.10. The van der Waals surface area contributed by atoms with Gasteiger partial charge in [0.2, 0.25) is 11.8 Å². The average Bonchev–Trinajstić information content (AvgIpc) is 2.37. The maximum absolute atomic E-state index is 12.4. The summed E-state index contributed by atoms with van der Waals surface area (Å²) in [6.45, 7) is 1.69. The van der Waals surface area contributed by atoms with E-state index in [9.17, 15) is 14.4 Å². The van der Waals surface area contributed by atoms with Crippen LogP contribution in [0.5, 0.6) is 0 Å². The first-order chi connectivity index (χ1) is 9.02. The first-order valence-electron chi connectivity index (χ1n) is 5.79. The summed E-state index contributed by atoms with van der Waals surface area (Å²) in [5.74, 6) is -1.24. The van der Waals surface area contributed by atoms with Crippen molar-refractivity contribution in [1.82, 2.24) is 15.2 Å². The Morgan fingerprint density at radius 1 is 1.58 bits per heavy atom. The van der Waals surface area contributed by atoms with E-state index in [0.29, 0.717) is 16.6 Å². The van der Waals surface area contributed by atoms with Crippen molar-refractivity contribution >= 4 is 33.7 Å². The Balaban J connectivity index is 2.30. The molecule has 1 fully saturated rings. The third kappa shape index (κ3) is 2.81. The van der Waals surface area contributed by atoms with Gasteiger partial charge in [0.25, 0.3) is 5.91 Å². The molecule has 7 heteroatoms. The second-order valence-electron chi connectivity index (χ2n) is 4.14. The third-order valence-electron chi connectivity index (χ3n) is 2.88. The number of hydrogen-bond donors (Lipinski definition) is 1. The second kappa shape index (κ2) is 5.48. The Kier molecular flexibility index (Phi) is 3.94. The Morgan fingerprint density at radius 3 is 2.95 bits per heavy atom. The predicted molar refractivity (Wildman–Crippen MR) is 70.2 cm³/mol. The topological polar surface area (TPSA) is 79.4 Å². The van der Waals surface area contributed by atoms with Crippen LogP contribution in [0.3, 0.4) is 0 Å². The molecule has 2 rings (SSSR count). The van der Waals surface area contributed by atoms with Crippen LogP contribution in [0.15, 0.2) is 22.9 Å². The number of aromatic nitrogens is 1. The smallest absolute Gasteiger partial charge is 0.255 e. The molecule has 1 aliphatic rings. The van der Waals surface area contributed by atoms with E-state index in [-0.39, 0.29) is 12.5 Å². The Labute approximate surface area is 118 Å². The van der Waals surface area contributed by atoms with Crippen molar-refractivity contribution in [1.29, 1.82) is 0 Å².